The molecule has 7 atom stereocenters. The lowest BCUT2D eigenvalue weighted by atomic mass is 9.77. The summed E-state index contributed by atoms with van der Waals surface area (Å²) in [6, 6.07) is 23.3. The zero-order valence-electron chi connectivity index (χ0n) is 46.6. The number of carbonyl (C=O) groups excluding carboxylic acids is 9. The molecule has 3 aliphatic heterocycles. The number of nitrogens with zero attached hydrogens (tertiary/aromatic N) is 1. The van der Waals surface area contributed by atoms with Crippen molar-refractivity contribution < 1.29 is 62.8 Å². The van der Waals surface area contributed by atoms with Crippen LogP contribution in [0.4, 0.5) is 0 Å². The van der Waals surface area contributed by atoms with E-state index in [1.807, 2.05) is 0 Å². The maximum Gasteiger partial charge on any atom is 0.340 e. The van der Waals surface area contributed by atoms with Crippen LogP contribution < -0.4 is 48.1 Å². The molecule has 8 amide bonds. The van der Waals surface area contributed by atoms with Crippen molar-refractivity contribution in [1.82, 2.24) is 36.8 Å². The molecule has 12 N–H and O–H groups in total. The van der Waals surface area contributed by atoms with Crippen molar-refractivity contribution in [1.29, 1.82) is 0 Å². The third-order valence-corrected chi connectivity index (χ3v) is 15.1. The highest BCUT2D eigenvalue weighted by molar-refractivity contribution is 6.02. The Morgan fingerprint density at radius 2 is 1.25 bits per heavy atom. The van der Waals surface area contributed by atoms with Crippen molar-refractivity contribution in [3.05, 3.63) is 154 Å². The van der Waals surface area contributed by atoms with Gasteiger partial charge in [0.15, 0.2) is 5.60 Å². The first-order valence-electron chi connectivity index (χ1n) is 27.6. The van der Waals surface area contributed by atoms with Gasteiger partial charge in [0.25, 0.3) is 5.91 Å². The summed E-state index contributed by atoms with van der Waals surface area (Å²) in [5.41, 5.74) is 12.5. The summed E-state index contributed by atoms with van der Waals surface area (Å²) >= 11 is 0. The minimum absolute atomic E-state index is 0.000542. The number of nitrogens with two attached hydrogens (primary N) is 2. The van der Waals surface area contributed by atoms with Crippen molar-refractivity contribution in [2.24, 2.45) is 17.4 Å². The van der Waals surface area contributed by atoms with Crippen molar-refractivity contribution in [2.75, 3.05) is 13.1 Å². The lowest BCUT2D eigenvalue weighted by molar-refractivity contribution is -0.143. The summed E-state index contributed by atoms with van der Waals surface area (Å²) in [6.45, 7) is 8.12. The van der Waals surface area contributed by atoms with Crippen molar-refractivity contribution >= 4 is 53.2 Å². The van der Waals surface area contributed by atoms with Gasteiger partial charge >= 0.3 is 5.97 Å². The van der Waals surface area contributed by atoms with Gasteiger partial charge in [0.2, 0.25) is 41.4 Å². The van der Waals surface area contributed by atoms with Gasteiger partial charge in [0.1, 0.15) is 59.2 Å². The third kappa shape index (κ3) is 13.1. The highest BCUT2D eigenvalue weighted by atomic mass is 16.6. The summed E-state index contributed by atoms with van der Waals surface area (Å²) < 4.78 is 12.1. The molecule has 83 heavy (non-hydrogen) atoms. The van der Waals surface area contributed by atoms with Gasteiger partial charge in [-0.2, -0.15) is 0 Å². The van der Waals surface area contributed by atoms with E-state index < -0.39 is 107 Å². The summed E-state index contributed by atoms with van der Waals surface area (Å²) in [5, 5.41) is 36.9. The largest absolute Gasteiger partial charge is 0.508 e. The van der Waals surface area contributed by atoms with Crippen LogP contribution in [0.5, 0.6) is 23.0 Å². The fourth-order valence-electron chi connectivity index (χ4n) is 10.7. The topological polar surface area (TPSA) is 340 Å². The number of hydrogen-bond acceptors (Lipinski definition) is 14. The molecule has 8 rings (SSSR count). The molecule has 0 saturated carbocycles. The van der Waals surface area contributed by atoms with Gasteiger partial charge in [-0.05, 0) is 106 Å². The predicted octanol–water partition coefficient (Wildman–Crippen LogP) is 3.34. The van der Waals surface area contributed by atoms with Crippen LogP contribution in [0.1, 0.15) is 121 Å². The van der Waals surface area contributed by atoms with E-state index in [4.69, 9.17) is 20.9 Å². The average Bonchev–Trinajstić information content (AvgIpc) is 3.94. The minimum atomic E-state index is -1.52. The molecule has 5 aromatic rings. The zero-order valence-corrected chi connectivity index (χ0v) is 46.6. The number of phenolic OH excluding ortho intramolecular Hbond substituents is 2. The lowest BCUT2D eigenvalue weighted by Gasteiger charge is -2.36. The second-order valence-electron chi connectivity index (χ2n) is 21.5. The number of benzene rings is 5. The SMILES string of the molecule is CC(C)[C@H](NC(=O)[C@H](C)N)C(=O)N1CCC[C@H]1C(=O)N[C@H](C(=O)N[C@@H](C)C(=O)N[C@@H](CCCCNC(=O)c1ccc2c(c1)C(=O)OC21c2ccc(O)cc2Oc2cc(O)ccc21)C(=O)N[C@@H](C)C(N)=O)C(c1ccccc1)c1ccccc1. The first kappa shape index (κ1) is 59.8. The molecule has 0 bridgehead atoms. The fraction of sp³-hybridized carbons (Fsp3) is 0.361. The van der Waals surface area contributed by atoms with Crippen LogP contribution in [0.3, 0.4) is 0 Å². The second kappa shape index (κ2) is 25.6. The van der Waals surface area contributed by atoms with E-state index in [0.29, 0.717) is 34.2 Å². The number of ether oxygens (including phenoxy) is 2. The molecule has 0 aliphatic carbocycles. The number of carbonyl (C=O) groups is 9. The van der Waals surface area contributed by atoms with Crippen LogP contribution in [0, 0.1) is 5.92 Å². The maximum absolute atomic E-state index is 14.8. The Morgan fingerprint density at radius 3 is 1.83 bits per heavy atom. The number of fused-ring (bicyclic) bond motifs is 6. The monoisotopic (exact) mass is 1140 g/mol. The molecule has 436 valence electrons. The lowest BCUT2D eigenvalue weighted by Crippen LogP contribution is -2.60. The van der Waals surface area contributed by atoms with Crippen LogP contribution >= 0.6 is 0 Å². The number of likely N-dealkylation sites (tertiary alicyclic amines) is 1. The molecule has 1 fully saturated rings. The van der Waals surface area contributed by atoms with Crippen LogP contribution in [0.25, 0.3) is 0 Å². The van der Waals surface area contributed by atoms with E-state index in [1.165, 1.54) is 62.1 Å². The Kier molecular flexibility index (Phi) is 18.5. The van der Waals surface area contributed by atoms with E-state index in [2.05, 4.69) is 31.9 Å². The van der Waals surface area contributed by atoms with Gasteiger partial charge < -0.3 is 68.0 Å². The van der Waals surface area contributed by atoms with Gasteiger partial charge in [-0.25, -0.2) is 4.79 Å². The van der Waals surface area contributed by atoms with Gasteiger partial charge in [0, 0.05) is 53.4 Å². The number of amides is 8. The maximum atomic E-state index is 14.8. The molecule has 1 saturated heterocycles. The zero-order chi connectivity index (χ0) is 59.9. The quantitative estimate of drug-likeness (QED) is 0.0351. The summed E-state index contributed by atoms with van der Waals surface area (Å²) in [4.78, 5) is 125. The van der Waals surface area contributed by atoms with Crippen molar-refractivity contribution in [3.8, 4) is 23.0 Å². The van der Waals surface area contributed by atoms with E-state index in [9.17, 15) is 53.4 Å². The Morgan fingerprint density at radius 1 is 0.663 bits per heavy atom. The Labute approximate surface area is 479 Å². The smallest absolute Gasteiger partial charge is 0.340 e. The van der Waals surface area contributed by atoms with E-state index in [0.717, 1.165) is 0 Å². The molecule has 3 heterocycles. The molecule has 3 aliphatic rings. The number of esters is 1. The number of phenols is 2. The minimum Gasteiger partial charge on any atom is -0.508 e. The average molecular weight is 1140 g/mol. The molecule has 0 aromatic heterocycles. The van der Waals surface area contributed by atoms with Crippen molar-refractivity contribution in [3.63, 3.8) is 0 Å². The van der Waals surface area contributed by atoms with Crippen LogP contribution in [0.2, 0.25) is 0 Å². The highest BCUT2D eigenvalue weighted by Gasteiger charge is 2.54. The summed E-state index contributed by atoms with van der Waals surface area (Å²) in [7, 11) is 0. The molecule has 22 nitrogen and oxygen atoms in total. The second-order valence-corrected chi connectivity index (χ2v) is 21.5. The third-order valence-electron chi connectivity index (χ3n) is 15.1. The van der Waals surface area contributed by atoms with Crippen LogP contribution in [-0.2, 0) is 43.9 Å². The number of unbranched alkanes of at least 4 members (excludes halogenated alkanes) is 1. The summed E-state index contributed by atoms with van der Waals surface area (Å²) in [6.07, 6.45) is 1.27. The van der Waals surface area contributed by atoms with E-state index in [-0.39, 0.29) is 78.8 Å². The molecule has 5 aromatic carbocycles. The van der Waals surface area contributed by atoms with E-state index >= 15 is 0 Å². The van der Waals surface area contributed by atoms with Crippen molar-refractivity contribution in [2.45, 2.75) is 121 Å². The van der Waals surface area contributed by atoms with E-state index in [1.54, 1.807) is 92.7 Å². The number of rotatable bonds is 22. The summed E-state index contributed by atoms with van der Waals surface area (Å²) in [5.74, 6) is -7.00. The Bertz CT molecular complexity index is 3210. The molecular formula is C61H69N9O13. The Balaban J connectivity index is 0.951. The van der Waals surface area contributed by atoms with Crippen LogP contribution in [-0.4, -0.2) is 124 Å². The van der Waals surface area contributed by atoms with Gasteiger partial charge in [-0.15, -0.1) is 0 Å². The molecule has 0 radical (unpaired) electrons. The normalized spacial score (nSPS) is 16.7. The number of aromatic hydroxyl groups is 2. The first-order valence-corrected chi connectivity index (χ1v) is 27.6. The van der Waals surface area contributed by atoms with Gasteiger partial charge in [0.05, 0.1) is 11.6 Å². The molecular weight excluding hydrogens is 1070 g/mol. The number of nitrogens with one attached hydrogen (secondary N) is 6. The predicted molar refractivity (Wildman–Crippen MR) is 302 cm³/mol. The standard InChI is InChI=1S/C61H69N9O13/c1-32(2)50(68-53(74)33(3)62)59(80)70-28-14-20-46(70)57(78)69-51(49(36-15-8-6-9-16-36)37-17-10-7-11-18-37)58(79)66-35(5)54(75)67-45(56(77)65-34(4)52(63)73)19-12-13-27-64-55(76)38-21-24-42-41(29-38)60(81)83-61(42)43-25-22-39(71)30-47(43)82-48-31-40(72)23-26-44(48)61/h6-11,15-18,21-26,29-35,45-46,49-51,71-72H,12-14,19-20,27-28,62H2,1-5H3,(H2,63,73)(H,64,76)(H,65,77)(H,66,79)(H,67,75)(H,68,74)(H,69,78)/t33-,34-,35-,45-,46-,50-,51-/m0/s1. The van der Waals surface area contributed by atoms with Crippen LogP contribution in [0.15, 0.2) is 115 Å². The highest BCUT2D eigenvalue weighted by Crippen LogP contribution is 2.57. The first-order chi connectivity index (χ1) is 39.6. The molecule has 1 spiro atoms. The molecule has 22 heteroatoms. The molecule has 0 unspecified atom stereocenters. The van der Waals surface area contributed by atoms with Gasteiger partial charge in [-0.1, -0.05) is 80.6 Å². The fourth-order valence-corrected chi connectivity index (χ4v) is 10.7. The van der Waals surface area contributed by atoms with Gasteiger partial charge in [-0.3, -0.25) is 38.4 Å². The number of primary amides is 1. The number of hydrogen-bond donors (Lipinski definition) is 10. The Hall–Kier alpha value is -9.31.